The van der Waals surface area contributed by atoms with E-state index < -0.39 is 5.82 Å². The van der Waals surface area contributed by atoms with Gasteiger partial charge in [0.15, 0.2) is 0 Å². The molecular formula is C24H26BFN4O. The largest absolute Gasteiger partial charge is 0.398 e. The van der Waals surface area contributed by atoms with Crippen LogP contribution >= 0.6 is 0 Å². The Kier molecular flexibility index (Phi) is 7.11. The molecule has 0 atom stereocenters. The lowest BCUT2D eigenvalue weighted by atomic mass is 9.93. The molecule has 3 aromatic carbocycles. The number of hydrogen-bond donors (Lipinski definition) is 4. The summed E-state index contributed by atoms with van der Waals surface area (Å²) in [4.78, 5) is 12.5. The average Bonchev–Trinajstić information content (AvgIpc) is 2.78. The number of benzene rings is 3. The van der Waals surface area contributed by atoms with Gasteiger partial charge in [0.25, 0.3) is 5.91 Å². The van der Waals surface area contributed by atoms with Crippen molar-refractivity contribution in [1.82, 2.24) is 5.32 Å². The molecule has 0 saturated heterocycles. The van der Waals surface area contributed by atoms with Crippen molar-refractivity contribution in [2.45, 2.75) is 6.54 Å². The van der Waals surface area contributed by atoms with Gasteiger partial charge in [0.05, 0.1) is 0 Å². The maximum absolute atomic E-state index is 13.3. The van der Waals surface area contributed by atoms with Gasteiger partial charge in [-0.1, -0.05) is 54.0 Å². The van der Waals surface area contributed by atoms with Gasteiger partial charge in [0.2, 0.25) is 0 Å². The third-order valence-corrected chi connectivity index (χ3v) is 4.48. The van der Waals surface area contributed by atoms with Gasteiger partial charge in [-0.3, -0.25) is 4.79 Å². The van der Waals surface area contributed by atoms with Crippen LogP contribution in [-0.4, -0.2) is 13.8 Å². The van der Waals surface area contributed by atoms with E-state index in [1.165, 1.54) is 12.1 Å². The molecule has 6 N–H and O–H groups in total. The van der Waals surface area contributed by atoms with Crippen LogP contribution < -0.4 is 27.6 Å². The molecule has 0 aromatic heterocycles. The van der Waals surface area contributed by atoms with E-state index in [-0.39, 0.29) is 20.8 Å². The SMILES string of the molecule is [B]c1cc(CNC(=O)c2cccc(N/C(N)=C/C=C(\N)c3ccccc3)c2)ccc1F.[HH].[HH]. The monoisotopic (exact) mass is 416 g/mol. The van der Waals surface area contributed by atoms with Crippen LogP contribution in [0.4, 0.5) is 10.1 Å². The molecule has 5 nitrogen and oxygen atoms in total. The van der Waals surface area contributed by atoms with Crippen LogP contribution in [0.2, 0.25) is 0 Å². The number of allylic oxidation sites excluding steroid dienone is 2. The molecule has 7 heteroatoms. The standard InChI is InChI=1S/C24H22BFN4O.2H2/c25-20-13-16(9-10-21(20)26)15-29-24(31)18-7-4-8-19(14-18)30-23(28)12-11-22(27)17-5-2-1-3-6-17;;/h1-14,30H,15,27-28H2,(H,29,31);2*1H/b22-11-,23-12+;;. The van der Waals surface area contributed by atoms with Crippen LogP contribution in [-0.2, 0) is 6.54 Å². The van der Waals surface area contributed by atoms with E-state index >= 15 is 0 Å². The molecule has 0 saturated carbocycles. The average molecular weight is 416 g/mol. The number of halogens is 1. The molecule has 0 aliphatic carbocycles. The highest BCUT2D eigenvalue weighted by atomic mass is 19.1. The Balaban J connectivity index is 0.00000272. The Bertz CT molecular complexity index is 1140. The lowest BCUT2D eigenvalue weighted by Gasteiger charge is -2.10. The minimum atomic E-state index is -0.486. The summed E-state index contributed by atoms with van der Waals surface area (Å²) >= 11 is 0. The smallest absolute Gasteiger partial charge is 0.251 e. The second kappa shape index (κ2) is 10.2. The molecule has 0 aliphatic rings. The van der Waals surface area contributed by atoms with E-state index in [4.69, 9.17) is 19.3 Å². The van der Waals surface area contributed by atoms with Crippen molar-refractivity contribution in [3.8, 4) is 0 Å². The predicted octanol–water partition coefficient (Wildman–Crippen LogP) is 3.25. The van der Waals surface area contributed by atoms with Crippen molar-refractivity contribution in [3.05, 3.63) is 113 Å². The minimum absolute atomic E-state index is 0. The number of anilines is 1. The van der Waals surface area contributed by atoms with E-state index in [0.717, 1.165) is 5.56 Å². The first-order valence-electron chi connectivity index (χ1n) is 9.60. The molecule has 0 aliphatic heterocycles. The summed E-state index contributed by atoms with van der Waals surface area (Å²) in [6.07, 6.45) is 3.37. The fourth-order valence-electron chi connectivity index (χ4n) is 2.84. The molecule has 0 bridgehead atoms. The number of rotatable bonds is 7. The topological polar surface area (TPSA) is 93.2 Å². The molecule has 31 heavy (non-hydrogen) atoms. The lowest BCUT2D eigenvalue weighted by Crippen LogP contribution is -2.24. The van der Waals surface area contributed by atoms with E-state index in [2.05, 4.69) is 10.6 Å². The summed E-state index contributed by atoms with van der Waals surface area (Å²) in [6.45, 7) is 0.229. The Labute approximate surface area is 185 Å². The van der Waals surface area contributed by atoms with Gasteiger partial charge in [-0.2, -0.15) is 0 Å². The fraction of sp³-hybridized carbons (Fsp3) is 0.0417. The first kappa shape index (κ1) is 21.7. The zero-order chi connectivity index (χ0) is 22.2. The fourth-order valence-corrected chi connectivity index (χ4v) is 2.84. The molecule has 158 valence electrons. The Morgan fingerprint density at radius 1 is 0.968 bits per heavy atom. The Hall–Kier alpha value is -4.00. The molecule has 0 fully saturated rings. The molecule has 2 radical (unpaired) electrons. The van der Waals surface area contributed by atoms with Gasteiger partial charge in [-0.05, 0) is 47.5 Å². The lowest BCUT2D eigenvalue weighted by molar-refractivity contribution is 0.0951. The number of nitrogens with one attached hydrogen (secondary N) is 2. The molecule has 3 rings (SSSR count). The van der Waals surface area contributed by atoms with Gasteiger partial charge in [-0.25, -0.2) is 4.39 Å². The molecule has 3 aromatic rings. The Morgan fingerprint density at radius 3 is 2.45 bits per heavy atom. The maximum Gasteiger partial charge on any atom is 0.251 e. The first-order chi connectivity index (χ1) is 14.9. The number of nitrogens with two attached hydrogens (primary N) is 2. The highest BCUT2D eigenvalue weighted by molar-refractivity contribution is 6.32. The summed E-state index contributed by atoms with van der Waals surface area (Å²) in [6, 6.07) is 20.8. The van der Waals surface area contributed by atoms with Gasteiger partial charge in [-0.15, -0.1) is 0 Å². The number of carbonyl (C=O) groups is 1. The van der Waals surface area contributed by atoms with Crippen molar-refractivity contribution >= 4 is 30.6 Å². The third-order valence-electron chi connectivity index (χ3n) is 4.48. The van der Waals surface area contributed by atoms with Crippen LogP contribution in [0.3, 0.4) is 0 Å². The van der Waals surface area contributed by atoms with Crippen LogP contribution in [0, 0.1) is 5.82 Å². The molecule has 1 amide bonds. The van der Waals surface area contributed by atoms with E-state index in [1.807, 2.05) is 30.3 Å². The van der Waals surface area contributed by atoms with Crippen LogP contribution in [0.15, 0.2) is 90.8 Å². The Morgan fingerprint density at radius 2 is 1.71 bits per heavy atom. The zero-order valence-corrected chi connectivity index (χ0v) is 16.8. The second-order valence-corrected chi connectivity index (χ2v) is 6.85. The van der Waals surface area contributed by atoms with Gasteiger partial charge >= 0.3 is 0 Å². The zero-order valence-electron chi connectivity index (χ0n) is 16.8. The van der Waals surface area contributed by atoms with E-state index in [1.54, 1.807) is 42.5 Å². The van der Waals surface area contributed by atoms with Gasteiger partial charge in [0, 0.05) is 26.3 Å². The molecule has 0 unspecified atom stereocenters. The summed E-state index contributed by atoms with van der Waals surface area (Å²) in [5, 5.41) is 5.82. The van der Waals surface area contributed by atoms with Crippen LogP contribution in [0.25, 0.3) is 5.70 Å². The number of hydrogen-bond acceptors (Lipinski definition) is 4. The summed E-state index contributed by atoms with van der Waals surface area (Å²) in [7, 11) is 5.56. The van der Waals surface area contributed by atoms with E-state index in [0.29, 0.717) is 28.3 Å². The normalized spacial score (nSPS) is 11.8. The number of amides is 1. The quantitative estimate of drug-likeness (QED) is 0.352. The second-order valence-electron chi connectivity index (χ2n) is 6.85. The van der Waals surface area contributed by atoms with Gasteiger partial charge < -0.3 is 22.1 Å². The minimum Gasteiger partial charge on any atom is -0.398 e. The maximum atomic E-state index is 13.3. The third kappa shape index (κ3) is 6.24. The van der Waals surface area contributed by atoms with Crippen molar-refractivity contribution in [3.63, 3.8) is 0 Å². The summed E-state index contributed by atoms with van der Waals surface area (Å²) in [5.41, 5.74) is 15.4. The van der Waals surface area contributed by atoms with Crippen molar-refractivity contribution < 1.29 is 12.0 Å². The van der Waals surface area contributed by atoms with Crippen molar-refractivity contribution in [2.24, 2.45) is 11.5 Å². The first-order valence-corrected chi connectivity index (χ1v) is 9.60. The predicted molar refractivity (Wildman–Crippen MR) is 128 cm³/mol. The molecular weight excluding hydrogens is 390 g/mol. The number of carbonyl (C=O) groups excluding carboxylic acids is 1. The molecule has 0 spiro atoms. The van der Waals surface area contributed by atoms with Crippen molar-refractivity contribution in [2.75, 3.05) is 5.32 Å². The van der Waals surface area contributed by atoms with E-state index in [9.17, 15) is 9.18 Å². The highest BCUT2D eigenvalue weighted by Gasteiger charge is 2.07. The van der Waals surface area contributed by atoms with Crippen LogP contribution in [0.5, 0.6) is 0 Å². The summed E-state index contributed by atoms with van der Waals surface area (Å²) in [5.74, 6) is -0.389. The van der Waals surface area contributed by atoms with Crippen LogP contribution in [0.1, 0.15) is 24.3 Å². The highest BCUT2D eigenvalue weighted by Crippen LogP contribution is 2.13. The van der Waals surface area contributed by atoms with Gasteiger partial charge in [0.1, 0.15) is 19.5 Å². The summed E-state index contributed by atoms with van der Waals surface area (Å²) < 4.78 is 13.3. The van der Waals surface area contributed by atoms with Crippen molar-refractivity contribution in [1.29, 1.82) is 0 Å². The molecule has 0 heterocycles.